The van der Waals surface area contributed by atoms with Crippen LogP contribution >= 0.6 is 23.2 Å². The van der Waals surface area contributed by atoms with Crippen molar-refractivity contribution in [1.82, 2.24) is 4.98 Å². The van der Waals surface area contributed by atoms with E-state index in [9.17, 15) is 9.18 Å². The Hall–Kier alpha value is -2.31. The molecule has 112 valence electrons. The van der Waals surface area contributed by atoms with Gasteiger partial charge in [-0.05, 0) is 12.1 Å². The highest BCUT2D eigenvalue weighted by molar-refractivity contribution is 6.36. The van der Waals surface area contributed by atoms with Gasteiger partial charge in [-0.3, -0.25) is 0 Å². The van der Waals surface area contributed by atoms with Crippen molar-refractivity contribution in [2.45, 2.75) is 0 Å². The molecule has 0 atom stereocenters. The van der Waals surface area contributed by atoms with Gasteiger partial charge in [0.05, 0.1) is 22.0 Å². The number of pyridine rings is 1. The van der Waals surface area contributed by atoms with Crippen molar-refractivity contribution >= 4 is 45.8 Å². The van der Waals surface area contributed by atoms with Crippen LogP contribution in [0.25, 0.3) is 22.2 Å². The molecule has 0 saturated heterocycles. The fourth-order valence-electron chi connectivity index (χ4n) is 2.12. The number of fused-ring (bicyclic) bond motifs is 1. The molecule has 3 N–H and O–H groups in total. The number of nitrogens with zero attached hydrogens (tertiary/aromatic N) is 1. The lowest BCUT2D eigenvalue weighted by molar-refractivity contribution is 0.0691. The first-order valence-corrected chi connectivity index (χ1v) is 6.71. The van der Waals surface area contributed by atoms with Gasteiger partial charge in [0.2, 0.25) is 0 Å². The van der Waals surface area contributed by atoms with Gasteiger partial charge in [0.15, 0.2) is 17.1 Å². The highest BCUT2D eigenvalue weighted by Gasteiger charge is 2.23. The molecule has 2 aromatic heterocycles. The monoisotopic (exact) mass is 340 g/mol. The minimum Gasteiger partial charge on any atom is -0.476 e. The van der Waals surface area contributed by atoms with E-state index in [1.165, 1.54) is 18.4 Å². The molecule has 0 aliphatic heterocycles. The highest BCUT2D eigenvalue weighted by atomic mass is 35.5. The van der Waals surface area contributed by atoms with Crippen LogP contribution in [0.3, 0.4) is 0 Å². The summed E-state index contributed by atoms with van der Waals surface area (Å²) in [5.41, 5.74) is 4.95. The summed E-state index contributed by atoms with van der Waals surface area (Å²) in [4.78, 5) is 15.0. The molecule has 5 nitrogen and oxygen atoms in total. The van der Waals surface area contributed by atoms with E-state index < -0.39 is 28.2 Å². The van der Waals surface area contributed by atoms with Crippen LogP contribution in [0.5, 0.6) is 0 Å². The van der Waals surface area contributed by atoms with Crippen LogP contribution in [0, 0.1) is 5.82 Å². The third-order valence-electron chi connectivity index (χ3n) is 3.14. The van der Waals surface area contributed by atoms with E-state index in [1.807, 2.05) is 0 Å². The smallest absolute Gasteiger partial charge is 0.356 e. The van der Waals surface area contributed by atoms with E-state index in [2.05, 4.69) is 4.98 Å². The van der Waals surface area contributed by atoms with E-state index in [-0.39, 0.29) is 5.69 Å². The molecule has 0 aliphatic rings. The van der Waals surface area contributed by atoms with Gasteiger partial charge in [0.1, 0.15) is 5.69 Å². The topological polar surface area (TPSA) is 89.4 Å². The summed E-state index contributed by atoms with van der Waals surface area (Å²) in [7, 11) is 0. The molecule has 22 heavy (non-hydrogen) atoms. The maximum Gasteiger partial charge on any atom is 0.356 e. The summed E-state index contributed by atoms with van der Waals surface area (Å²) < 4.78 is 19.6. The second kappa shape index (κ2) is 5.15. The van der Waals surface area contributed by atoms with E-state index in [1.54, 1.807) is 6.07 Å². The van der Waals surface area contributed by atoms with Crippen molar-refractivity contribution in [1.29, 1.82) is 0 Å². The molecule has 0 unspecified atom stereocenters. The Bertz CT molecular complexity index is 924. The number of carboxylic acids is 1. The highest BCUT2D eigenvalue weighted by Crippen LogP contribution is 2.37. The zero-order chi connectivity index (χ0) is 16.0. The Morgan fingerprint density at radius 1 is 1.32 bits per heavy atom. The van der Waals surface area contributed by atoms with Crippen LogP contribution in [0.4, 0.5) is 10.1 Å². The number of hydrogen-bond acceptors (Lipinski definition) is 4. The molecule has 3 rings (SSSR count). The molecular formula is C14H7Cl2FN2O3. The maximum atomic E-state index is 14.4. The number of aromatic carboxylic acids is 1. The quantitative estimate of drug-likeness (QED) is 0.728. The van der Waals surface area contributed by atoms with Gasteiger partial charge in [0.25, 0.3) is 0 Å². The second-order valence-electron chi connectivity index (χ2n) is 4.41. The first-order valence-electron chi connectivity index (χ1n) is 5.95. The van der Waals surface area contributed by atoms with Gasteiger partial charge in [-0.15, -0.1) is 0 Å². The number of anilines is 1. The van der Waals surface area contributed by atoms with Gasteiger partial charge >= 0.3 is 5.97 Å². The van der Waals surface area contributed by atoms with Crippen molar-refractivity contribution in [2.75, 3.05) is 5.73 Å². The van der Waals surface area contributed by atoms with Crippen molar-refractivity contribution in [2.24, 2.45) is 0 Å². The SMILES string of the molecule is Nc1c(F)c(-c2ccc(Cl)c3occc23)nc(C(=O)O)c1Cl. The zero-order valence-corrected chi connectivity index (χ0v) is 12.2. The minimum atomic E-state index is -1.41. The number of carbonyl (C=O) groups is 1. The third kappa shape index (κ3) is 2.08. The van der Waals surface area contributed by atoms with Gasteiger partial charge < -0.3 is 15.3 Å². The van der Waals surface area contributed by atoms with E-state index in [0.29, 0.717) is 21.6 Å². The van der Waals surface area contributed by atoms with Gasteiger partial charge in [-0.2, -0.15) is 0 Å². The van der Waals surface area contributed by atoms with Crippen molar-refractivity contribution < 1.29 is 18.7 Å². The minimum absolute atomic E-state index is 0.234. The average Bonchev–Trinajstić information content (AvgIpc) is 2.96. The first-order chi connectivity index (χ1) is 10.4. The van der Waals surface area contributed by atoms with Crippen LogP contribution in [-0.4, -0.2) is 16.1 Å². The van der Waals surface area contributed by atoms with Crippen LogP contribution in [0.2, 0.25) is 10.0 Å². The second-order valence-corrected chi connectivity index (χ2v) is 5.20. The number of nitrogens with two attached hydrogens (primary N) is 1. The molecule has 0 saturated carbocycles. The number of halogens is 3. The standard InChI is InChI=1S/C14H7Cl2FN2O3/c15-7-2-1-5(6-3-4-22-13(6)7)11-9(17)10(18)8(16)12(19-11)14(20)21/h1-4H,(H2,18,19)(H,20,21). The van der Waals surface area contributed by atoms with Crippen molar-refractivity contribution in [3.63, 3.8) is 0 Å². The number of aromatic nitrogens is 1. The molecule has 2 heterocycles. The van der Waals surface area contributed by atoms with Crippen molar-refractivity contribution in [3.05, 3.63) is 46.0 Å². The van der Waals surface area contributed by atoms with Crippen LogP contribution in [0.15, 0.2) is 28.9 Å². The van der Waals surface area contributed by atoms with Crippen LogP contribution < -0.4 is 5.73 Å². The van der Waals surface area contributed by atoms with E-state index in [4.69, 9.17) is 38.5 Å². The van der Waals surface area contributed by atoms with E-state index in [0.717, 1.165) is 0 Å². The fourth-order valence-corrected chi connectivity index (χ4v) is 2.53. The number of furan rings is 1. The molecule has 0 aliphatic carbocycles. The number of nitrogen functional groups attached to an aromatic ring is 1. The number of benzene rings is 1. The lowest BCUT2D eigenvalue weighted by Gasteiger charge is -2.10. The molecule has 0 amide bonds. The Balaban J connectivity index is 2.38. The summed E-state index contributed by atoms with van der Waals surface area (Å²) in [5.74, 6) is -2.31. The van der Waals surface area contributed by atoms with E-state index >= 15 is 0 Å². The lowest BCUT2D eigenvalue weighted by Crippen LogP contribution is -2.08. The molecule has 0 bridgehead atoms. The molecule has 3 aromatic rings. The fraction of sp³-hybridized carbons (Fsp3) is 0. The molecular weight excluding hydrogens is 334 g/mol. The first kappa shape index (κ1) is 14.6. The van der Waals surface area contributed by atoms with Crippen LogP contribution in [0.1, 0.15) is 10.5 Å². The third-order valence-corrected chi connectivity index (χ3v) is 3.82. The maximum absolute atomic E-state index is 14.4. The molecule has 0 fully saturated rings. The zero-order valence-electron chi connectivity index (χ0n) is 10.7. The molecule has 1 aromatic carbocycles. The largest absolute Gasteiger partial charge is 0.476 e. The Morgan fingerprint density at radius 2 is 2.05 bits per heavy atom. The molecule has 8 heteroatoms. The summed E-state index contributed by atoms with van der Waals surface area (Å²) in [6.45, 7) is 0. The predicted molar refractivity (Wildman–Crippen MR) is 80.8 cm³/mol. The van der Waals surface area contributed by atoms with Crippen molar-refractivity contribution in [3.8, 4) is 11.3 Å². The summed E-state index contributed by atoms with van der Waals surface area (Å²) in [6.07, 6.45) is 1.38. The normalized spacial score (nSPS) is 11.0. The molecule has 0 spiro atoms. The number of carboxylic acid groups (broad SMARTS) is 1. The number of rotatable bonds is 2. The Morgan fingerprint density at radius 3 is 2.73 bits per heavy atom. The molecule has 0 radical (unpaired) electrons. The average molecular weight is 341 g/mol. The van der Waals surface area contributed by atoms with Gasteiger partial charge in [0, 0.05) is 10.9 Å². The van der Waals surface area contributed by atoms with Crippen LogP contribution in [-0.2, 0) is 0 Å². The summed E-state index contributed by atoms with van der Waals surface area (Å²) >= 11 is 11.7. The van der Waals surface area contributed by atoms with Gasteiger partial charge in [-0.25, -0.2) is 14.2 Å². The summed E-state index contributed by atoms with van der Waals surface area (Å²) in [6, 6.07) is 4.57. The number of hydrogen-bond donors (Lipinski definition) is 2. The van der Waals surface area contributed by atoms with Gasteiger partial charge in [-0.1, -0.05) is 29.3 Å². The predicted octanol–water partition coefficient (Wildman–Crippen LogP) is 4.22. The Labute approximate surface area is 133 Å². The Kier molecular flexibility index (Phi) is 3.42. The summed E-state index contributed by atoms with van der Waals surface area (Å²) in [5, 5.41) is 9.49. The lowest BCUT2D eigenvalue weighted by atomic mass is 10.0.